The third-order valence-corrected chi connectivity index (χ3v) is 3.84. The van der Waals surface area contributed by atoms with E-state index in [2.05, 4.69) is 25.9 Å². The number of nitrogens with zero attached hydrogens (tertiary/aromatic N) is 3. The molecule has 2 N–H and O–H groups in total. The molecule has 0 atom stereocenters. The molecule has 3 aromatic rings. The van der Waals surface area contributed by atoms with Gasteiger partial charge in [-0.2, -0.15) is 5.21 Å². The number of rotatable bonds is 4. The molecule has 0 bridgehead atoms. The maximum absolute atomic E-state index is 13.5. The minimum Gasteiger partial charge on any atom is -0.348 e. The van der Waals surface area contributed by atoms with Crippen molar-refractivity contribution in [1.29, 1.82) is 0 Å². The maximum atomic E-state index is 13.5. The molecule has 6 nitrogen and oxygen atoms in total. The fraction of sp³-hybridized carbons (Fsp3) is 0.0769. The summed E-state index contributed by atoms with van der Waals surface area (Å²) in [5.41, 5.74) is 0.186. The molecule has 22 heavy (non-hydrogen) atoms. The average Bonchev–Trinajstić information content (AvgIpc) is 3.17. The van der Waals surface area contributed by atoms with E-state index in [1.807, 2.05) is 0 Å². The number of carbonyl (C=O) groups is 1. The number of thiophene rings is 1. The number of H-pyrrole nitrogens is 1. The van der Waals surface area contributed by atoms with Gasteiger partial charge in [0.2, 0.25) is 5.82 Å². The molecular formula is C13H9F2N5OS. The van der Waals surface area contributed by atoms with E-state index in [1.54, 1.807) is 11.4 Å². The zero-order valence-corrected chi connectivity index (χ0v) is 11.8. The van der Waals surface area contributed by atoms with Crippen molar-refractivity contribution in [2.75, 3.05) is 0 Å². The Morgan fingerprint density at radius 3 is 2.77 bits per heavy atom. The molecular weight excluding hydrogens is 312 g/mol. The number of nitrogens with one attached hydrogen (secondary N) is 2. The zero-order chi connectivity index (χ0) is 15.5. The van der Waals surface area contributed by atoms with Crippen LogP contribution in [0.4, 0.5) is 8.78 Å². The number of amides is 1. The van der Waals surface area contributed by atoms with Crippen molar-refractivity contribution >= 4 is 17.2 Å². The average molecular weight is 321 g/mol. The summed E-state index contributed by atoms with van der Waals surface area (Å²) in [5.74, 6) is -1.45. The highest BCUT2D eigenvalue weighted by Crippen LogP contribution is 2.23. The van der Waals surface area contributed by atoms with Crippen molar-refractivity contribution in [2.24, 2.45) is 0 Å². The minimum atomic E-state index is -0.696. The van der Waals surface area contributed by atoms with Gasteiger partial charge in [0.15, 0.2) is 0 Å². The van der Waals surface area contributed by atoms with Crippen LogP contribution in [0, 0.1) is 11.6 Å². The Morgan fingerprint density at radius 1 is 1.32 bits per heavy atom. The summed E-state index contributed by atoms with van der Waals surface area (Å²) in [6.45, 7) is -0.231. The van der Waals surface area contributed by atoms with E-state index in [4.69, 9.17) is 0 Å². The lowest BCUT2D eigenvalue weighted by molar-refractivity contribution is 0.0950. The van der Waals surface area contributed by atoms with Gasteiger partial charge in [0.25, 0.3) is 5.91 Å². The van der Waals surface area contributed by atoms with E-state index in [-0.39, 0.29) is 12.1 Å². The van der Waals surface area contributed by atoms with Crippen molar-refractivity contribution in [3.05, 3.63) is 52.4 Å². The highest BCUT2D eigenvalue weighted by molar-refractivity contribution is 7.13. The molecule has 2 aromatic heterocycles. The second-order valence-electron chi connectivity index (χ2n) is 4.32. The van der Waals surface area contributed by atoms with Gasteiger partial charge in [0.05, 0.1) is 10.4 Å². The first-order chi connectivity index (χ1) is 10.6. The van der Waals surface area contributed by atoms with Crippen LogP contribution in [0.25, 0.3) is 10.7 Å². The maximum Gasteiger partial charge on any atom is 0.252 e. The van der Waals surface area contributed by atoms with E-state index in [0.29, 0.717) is 16.3 Å². The predicted octanol–water partition coefficient (Wildman–Crippen LogP) is 2.14. The monoisotopic (exact) mass is 321 g/mol. The van der Waals surface area contributed by atoms with Crippen LogP contribution in [0.1, 0.15) is 15.9 Å². The van der Waals surface area contributed by atoms with Gasteiger partial charge in [-0.05, 0) is 23.4 Å². The van der Waals surface area contributed by atoms with Crippen LogP contribution in [-0.2, 0) is 6.54 Å². The number of hydrogen-bond acceptors (Lipinski definition) is 5. The predicted molar refractivity (Wildman–Crippen MR) is 75.0 cm³/mol. The summed E-state index contributed by atoms with van der Waals surface area (Å²) in [6, 6.07) is 5.14. The van der Waals surface area contributed by atoms with Crippen LogP contribution in [0.2, 0.25) is 0 Å². The Kier molecular flexibility index (Phi) is 3.88. The molecule has 9 heteroatoms. The minimum absolute atomic E-state index is 0.176. The highest BCUT2D eigenvalue weighted by atomic mass is 32.1. The molecule has 0 aliphatic heterocycles. The standard InChI is InChI=1S/C13H9F2N5OS/c14-9-2-1-3-10(15)8(9)5-16-13(21)7-4-11(22-6-7)12-17-19-20-18-12/h1-4,6H,5H2,(H,16,21)(H,17,18,19,20). The number of aromatic amines is 1. The van der Waals surface area contributed by atoms with Crippen molar-refractivity contribution in [2.45, 2.75) is 6.54 Å². The summed E-state index contributed by atoms with van der Waals surface area (Å²) >= 11 is 1.27. The first-order valence-electron chi connectivity index (χ1n) is 6.18. The first kappa shape index (κ1) is 14.3. The Morgan fingerprint density at radius 2 is 2.09 bits per heavy atom. The summed E-state index contributed by atoms with van der Waals surface area (Å²) < 4.78 is 27.0. The van der Waals surface area contributed by atoms with Gasteiger partial charge < -0.3 is 5.32 Å². The highest BCUT2D eigenvalue weighted by Gasteiger charge is 2.14. The fourth-order valence-corrected chi connectivity index (χ4v) is 2.63. The van der Waals surface area contributed by atoms with Crippen LogP contribution in [0.3, 0.4) is 0 Å². The molecule has 0 aliphatic carbocycles. The lowest BCUT2D eigenvalue weighted by Gasteiger charge is -2.06. The van der Waals surface area contributed by atoms with E-state index in [9.17, 15) is 13.6 Å². The van der Waals surface area contributed by atoms with E-state index >= 15 is 0 Å². The van der Waals surface area contributed by atoms with E-state index in [1.165, 1.54) is 17.4 Å². The van der Waals surface area contributed by atoms with Gasteiger partial charge >= 0.3 is 0 Å². The lowest BCUT2D eigenvalue weighted by Crippen LogP contribution is -2.23. The Bertz CT molecular complexity index is 782. The SMILES string of the molecule is O=C(NCc1c(F)cccc1F)c1csc(-c2nn[nH]n2)c1. The van der Waals surface area contributed by atoms with Crippen LogP contribution in [0.15, 0.2) is 29.6 Å². The van der Waals surface area contributed by atoms with Crippen molar-refractivity contribution in [3.63, 3.8) is 0 Å². The zero-order valence-electron chi connectivity index (χ0n) is 11.0. The van der Waals surface area contributed by atoms with Gasteiger partial charge in [-0.25, -0.2) is 8.78 Å². The van der Waals surface area contributed by atoms with Crippen molar-refractivity contribution in [3.8, 4) is 10.7 Å². The number of halogens is 2. The molecule has 112 valence electrons. The van der Waals surface area contributed by atoms with Gasteiger partial charge in [-0.15, -0.1) is 21.5 Å². The van der Waals surface area contributed by atoms with Gasteiger partial charge in [0.1, 0.15) is 11.6 Å². The second kappa shape index (κ2) is 5.98. The molecule has 0 saturated carbocycles. The summed E-state index contributed by atoms with van der Waals surface area (Å²) in [4.78, 5) is 12.7. The number of tetrazole rings is 1. The Hall–Kier alpha value is -2.68. The third-order valence-electron chi connectivity index (χ3n) is 2.91. The third kappa shape index (κ3) is 2.84. The van der Waals surface area contributed by atoms with Gasteiger partial charge in [-0.1, -0.05) is 6.07 Å². The molecule has 0 radical (unpaired) electrons. The molecule has 3 rings (SSSR count). The molecule has 0 spiro atoms. The van der Waals surface area contributed by atoms with Crippen LogP contribution >= 0.6 is 11.3 Å². The molecule has 0 fully saturated rings. The number of hydrogen-bond donors (Lipinski definition) is 2. The summed E-state index contributed by atoms with van der Waals surface area (Å²) in [5, 5.41) is 17.5. The van der Waals surface area contributed by atoms with Crippen molar-refractivity contribution < 1.29 is 13.6 Å². The van der Waals surface area contributed by atoms with Crippen LogP contribution in [0.5, 0.6) is 0 Å². The smallest absolute Gasteiger partial charge is 0.252 e. The van der Waals surface area contributed by atoms with Gasteiger partial charge in [-0.3, -0.25) is 4.79 Å². The molecule has 1 amide bonds. The molecule has 0 unspecified atom stereocenters. The first-order valence-corrected chi connectivity index (χ1v) is 7.06. The Balaban J connectivity index is 1.70. The van der Waals surface area contributed by atoms with Crippen molar-refractivity contribution in [1.82, 2.24) is 25.9 Å². The Labute approximate surface area is 127 Å². The van der Waals surface area contributed by atoms with E-state index in [0.717, 1.165) is 12.1 Å². The summed E-state index contributed by atoms with van der Waals surface area (Å²) in [6.07, 6.45) is 0. The summed E-state index contributed by atoms with van der Waals surface area (Å²) in [7, 11) is 0. The topological polar surface area (TPSA) is 83.6 Å². The molecule has 0 aliphatic rings. The van der Waals surface area contributed by atoms with Crippen LogP contribution < -0.4 is 5.32 Å². The quantitative estimate of drug-likeness (QED) is 0.771. The number of benzene rings is 1. The largest absolute Gasteiger partial charge is 0.348 e. The van der Waals surface area contributed by atoms with Crippen LogP contribution in [-0.4, -0.2) is 26.5 Å². The lowest BCUT2D eigenvalue weighted by atomic mass is 10.2. The molecule has 1 aromatic carbocycles. The number of carbonyl (C=O) groups excluding carboxylic acids is 1. The number of aromatic nitrogens is 4. The van der Waals surface area contributed by atoms with E-state index < -0.39 is 17.5 Å². The fourth-order valence-electron chi connectivity index (χ4n) is 1.81. The molecule has 0 saturated heterocycles. The second-order valence-corrected chi connectivity index (χ2v) is 5.23. The molecule has 2 heterocycles. The van der Waals surface area contributed by atoms with Gasteiger partial charge in [0, 0.05) is 17.5 Å². The normalized spacial score (nSPS) is 10.6.